The average molecular weight is 211 g/mol. The predicted octanol–water partition coefficient (Wildman–Crippen LogP) is 0.905. The number of nitrogens with two attached hydrogens (primary N) is 1. The Hall–Kier alpha value is -0.870. The first-order chi connectivity index (χ1) is 6.50. The average Bonchev–Trinajstić information content (AvgIpc) is 2.81. The highest BCUT2D eigenvalue weighted by atomic mass is 32.2. The van der Waals surface area contributed by atoms with Gasteiger partial charge >= 0.3 is 0 Å². The van der Waals surface area contributed by atoms with E-state index in [0.29, 0.717) is 4.90 Å². The van der Waals surface area contributed by atoms with Gasteiger partial charge < -0.3 is 5.73 Å². The van der Waals surface area contributed by atoms with Crippen molar-refractivity contribution < 1.29 is 8.42 Å². The largest absolute Gasteiger partial charge is 0.327 e. The van der Waals surface area contributed by atoms with Gasteiger partial charge in [0.25, 0.3) is 0 Å². The molecular weight excluding hydrogens is 198 g/mol. The van der Waals surface area contributed by atoms with Crippen molar-refractivity contribution in [2.75, 3.05) is 6.26 Å². The van der Waals surface area contributed by atoms with Gasteiger partial charge in [-0.05, 0) is 18.1 Å². The third-order valence-corrected chi connectivity index (χ3v) is 3.73. The van der Waals surface area contributed by atoms with Crippen molar-refractivity contribution >= 4 is 9.84 Å². The lowest BCUT2D eigenvalue weighted by Crippen LogP contribution is -2.06. The molecule has 2 unspecified atom stereocenters. The highest BCUT2D eigenvalue weighted by molar-refractivity contribution is 7.90. The van der Waals surface area contributed by atoms with Gasteiger partial charge in [0.1, 0.15) is 0 Å². The van der Waals surface area contributed by atoms with Crippen molar-refractivity contribution in [3.63, 3.8) is 0 Å². The molecule has 1 fully saturated rings. The van der Waals surface area contributed by atoms with Crippen LogP contribution in [0.3, 0.4) is 0 Å². The molecule has 76 valence electrons. The lowest BCUT2D eigenvalue weighted by molar-refractivity contribution is 0.600. The van der Waals surface area contributed by atoms with Gasteiger partial charge in [-0.15, -0.1) is 0 Å². The summed E-state index contributed by atoms with van der Waals surface area (Å²) in [6, 6.07) is 7.24. The van der Waals surface area contributed by atoms with Crippen molar-refractivity contribution in [2.24, 2.45) is 5.73 Å². The molecule has 2 N–H and O–H groups in total. The predicted molar refractivity (Wildman–Crippen MR) is 54.9 cm³/mol. The minimum atomic E-state index is -3.12. The van der Waals surface area contributed by atoms with E-state index in [-0.39, 0.29) is 12.0 Å². The third-order valence-electron chi connectivity index (χ3n) is 2.56. The maximum Gasteiger partial charge on any atom is 0.175 e. The minimum Gasteiger partial charge on any atom is -0.327 e. The second-order valence-corrected chi connectivity index (χ2v) is 5.80. The van der Waals surface area contributed by atoms with Crippen LogP contribution < -0.4 is 5.73 Å². The Balaban J connectivity index is 2.50. The highest BCUT2D eigenvalue weighted by Crippen LogP contribution is 2.41. The van der Waals surface area contributed by atoms with Gasteiger partial charge in [0.05, 0.1) is 4.90 Å². The van der Waals surface area contributed by atoms with E-state index in [2.05, 4.69) is 0 Å². The molecule has 1 aromatic rings. The van der Waals surface area contributed by atoms with Crippen molar-refractivity contribution in [3.05, 3.63) is 29.8 Å². The Morgan fingerprint density at radius 3 is 2.43 bits per heavy atom. The third kappa shape index (κ3) is 1.67. The molecule has 2 atom stereocenters. The molecule has 1 aliphatic carbocycles. The maximum absolute atomic E-state index is 11.5. The first kappa shape index (κ1) is 9.68. The summed E-state index contributed by atoms with van der Waals surface area (Å²) in [6.07, 6.45) is 2.13. The Morgan fingerprint density at radius 2 is 1.93 bits per heavy atom. The van der Waals surface area contributed by atoms with E-state index >= 15 is 0 Å². The molecule has 14 heavy (non-hydrogen) atoms. The summed E-state index contributed by atoms with van der Waals surface area (Å²) in [4.78, 5) is 0.429. The zero-order valence-corrected chi connectivity index (χ0v) is 8.79. The summed E-state index contributed by atoms with van der Waals surface area (Å²) in [5, 5.41) is 0. The number of benzene rings is 1. The van der Waals surface area contributed by atoms with Gasteiger partial charge in [-0.3, -0.25) is 0 Å². The number of hydrogen-bond donors (Lipinski definition) is 1. The Bertz CT molecular complexity index is 453. The molecule has 3 nitrogen and oxygen atoms in total. The van der Waals surface area contributed by atoms with Crippen LogP contribution in [0.2, 0.25) is 0 Å². The fraction of sp³-hybridized carbons (Fsp3) is 0.400. The summed E-state index contributed by atoms with van der Waals surface area (Å²) in [6.45, 7) is 0. The quantitative estimate of drug-likeness (QED) is 0.790. The second-order valence-electron chi connectivity index (χ2n) is 3.82. The molecule has 0 saturated heterocycles. The summed E-state index contributed by atoms with van der Waals surface area (Å²) in [5.74, 6) is 0.237. The molecule has 0 amide bonds. The molecule has 0 radical (unpaired) electrons. The van der Waals surface area contributed by atoms with Crippen LogP contribution in [0.25, 0.3) is 0 Å². The first-order valence-corrected chi connectivity index (χ1v) is 6.44. The summed E-state index contributed by atoms with van der Waals surface area (Å²) >= 11 is 0. The number of sulfone groups is 1. The van der Waals surface area contributed by atoms with E-state index in [1.165, 1.54) is 6.26 Å². The zero-order chi connectivity index (χ0) is 10.3. The normalized spacial score (nSPS) is 26.1. The maximum atomic E-state index is 11.5. The molecule has 2 rings (SSSR count). The molecule has 0 aliphatic heterocycles. The molecular formula is C10H13NO2S. The SMILES string of the molecule is CS(=O)(=O)c1ccccc1C1CC1N. The molecule has 1 aromatic carbocycles. The van der Waals surface area contributed by atoms with Crippen LogP contribution in [0.15, 0.2) is 29.2 Å². The number of rotatable bonds is 2. The van der Waals surface area contributed by atoms with Crippen molar-refractivity contribution in [2.45, 2.75) is 23.3 Å². The molecule has 1 aliphatic rings. The molecule has 0 aromatic heterocycles. The zero-order valence-electron chi connectivity index (χ0n) is 7.97. The Labute approximate surface area is 83.9 Å². The van der Waals surface area contributed by atoms with E-state index in [0.717, 1.165) is 12.0 Å². The lowest BCUT2D eigenvalue weighted by Gasteiger charge is -2.05. The van der Waals surface area contributed by atoms with Gasteiger partial charge in [0.2, 0.25) is 0 Å². The van der Waals surface area contributed by atoms with Crippen LogP contribution in [0, 0.1) is 0 Å². The van der Waals surface area contributed by atoms with Crippen LogP contribution in [0.5, 0.6) is 0 Å². The van der Waals surface area contributed by atoms with Crippen LogP contribution >= 0.6 is 0 Å². The number of hydrogen-bond acceptors (Lipinski definition) is 3. The van der Waals surface area contributed by atoms with Gasteiger partial charge in [-0.25, -0.2) is 8.42 Å². The molecule has 0 spiro atoms. The van der Waals surface area contributed by atoms with E-state index < -0.39 is 9.84 Å². The summed E-state index contributed by atoms with van der Waals surface area (Å²) in [7, 11) is -3.12. The van der Waals surface area contributed by atoms with Gasteiger partial charge in [0.15, 0.2) is 9.84 Å². The molecule has 0 heterocycles. The highest BCUT2D eigenvalue weighted by Gasteiger charge is 2.37. The summed E-state index contributed by atoms with van der Waals surface area (Å²) < 4.78 is 22.9. The van der Waals surface area contributed by atoms with Crippen LogP contribution in [-0.2, 0) is 9.84 Å². The molecule has 4 heteroatoms. The Morgan fingerprint density at radius 1 is 1.36 bits per heavy atom. The van der Waals surface area contributed by atoms with Gasteiger partial charge in [-0.1, -0.05) is 18.2 Å². The Kier molecular flexibility index (Phi) is 2.12. The monoisotopic (exact) mass is 211 g/mol. The van der Waals surface area contributed by atoms with Crippen molar-refractivity contribution in [1.82, 2.24) is 0 Å². The van der Waals surface area contributed by atoms with Crippen LogP contribution in [-0.4, -0.2) is 20.7 Å². The fourth-order valence-electron chi connectivity index (χ4n) is 1.70. The van der Waals surface area contributed by atoms with E-state index in [4.69, 9.17) is 5.73 Å². The second kappa shape index (κ2) is 3.07. The lowest BCUT2D eigenvalue weighted by atomic mass is 10.1. The summed E-state index contributed by atoms with van der Waals surface area (Å²) in [5.41, 5.74) is 6.59. The molecule has 1 saturated carbocycles. The smallest absolute Gasteiger partial charge is 0.175 e. The fourth-order valence-corrected chi connectivity index (χ4v) is 2.67. The van der Waals surface area contributed by atoms with Crippen molar-refractivity contribution in [1.29, 1.82) is 0 Å². The van der Waals surface area contributed by atoms with E-state index in [1.54, 1.807) is 12.1 Å². The minimum absolute atomic E-state index is 0.137. The van der Waals surface area contributed by atoms with Crippen LogP contribution in [0.1, 0.15) is 17.9 Å². The van der Waals surface area contributed by atoms with Crippen molar-refractivity contribution in [3.8, 4) is 0 Å². The van der Waals surface area contributed by atoms with Crippen LogP contribution in [0.4, 0.5) is 0 Å². The standard InChI is InChI=1S/C10H13NO2S/c1-14(12,13)10-5-3-2-4-7(10)8-6-9(8)11/h2-5,8-9H,6,11H2,1H3. The van der Waals surface area contributed by atoms with Gasteiger partial charge in [-0.2, -0.15) is 0 Å². The topological polar surface area (TPSA) is 60.2 Å². The van der Waals surface area contributed by atoms with E-state index in [1.807, 2.05) is 12.1 Å². The first-order valence-electron chi connectivity index (χ1n) is 4.54. The van der Waals surface area contributed by atoms with E-state index in [9.17, 15) is 8.42 Å². The molecule has 0 bridgehead atoms. The van der Waals surface area contributed by atoms with Gasteiger partial charge in [0, 0.05) is 18.2 Å².